The molecule has 0 aromatic heterocycles. The van der Waals surface area contributed by atoms with Gasteiger partial charge in [-0.25, -0.2) is 4.39 Å². The summed E-state index contributed by atoms with van der Waals surface area (Å²) in [7, 11) is 0. The van der Waals surface area contributed by atoms with Gasteiger partial charge in [0.2, 0.25) is 0 Å². The molecule has 0 aliphatic rings. The summed E-state index contributed by atoms with van der Waals surface area (Å²) in [6.07, 6.45) is 0. The van der Waals surface area contributed by atoms with E-state index < -0.39 is 5.82 Å². The lowest BCUT2D eigenvalue weighted by molar-refractivity contribution is 0.631. The molecule has 0 amide bonds. The van der Waals surface area contributed by atoms with Gasteiger partial charge >= 0.3 is 0 Å². The highest BCUT2D eigenvalue weighted by atomic mass is 35.5. The number of benzene rings is 2. The maximum absolute atomic E-state index is 13.7. The van der Waals surface area contributed by atoms with Crippen molar-refractivity contribution < 1.29 is 4.39 Å². The molecular formula is C14H10ClFN2. The predicted octanol–water partition coefficient (Wildman–Crippen LogP) is 4.40. The molecule has 2 nitrogen and oxygen atoms in total. The summed E-state index contributed by atoms with van der Waals surface area (Å²) >= 11 is 5.99. The second kappa shape index (κ2) is 5.07. The number of rotatable bonds is 2. The van der Waals surface area contributed by atoms with Gasteiger partial charge in [-0.3, -0.25) is 0 Å². The molecule has 0 saturated heterocycles. The van der Waals surface area contributed by atoms with Gasteiger partial charge in [0.25, 0.3) is 0 Å². The third-order valence-electron chi connectivity index (χ3n) is 2.64. The molecule has 1 N–H and O–H groups in total. The van der Waals surface area contributed by atoms with Crippen LogP contribution >= 0.6 is 11.6 Å². The van der Waals surface area contributed by atoms with Crippen molar-refractivity contribution in [1.82, 2.24) is 0 Å². The van der Waals surface area contributed by atoms with Crippen molar-refractivity contribution in [2.24, 2.45) is 0 Å². The van der Waals surface area contributed by atoms with Crippen LogP contribution in [-0.4, -0.2) is 0 Å². The summed E-state index contributed by atoms with van der Waals surface area (Å²) in [6, 6.07) is 11.6. The van der Waals surface area contributed by atoms with E-state index in [1.54, 1.807) is 18.2 Å². The zero-order valence-electron chi connectivity index (χ0n) is 9.67. The van der Waals surface area contributed by atoms with Crippen molar-refractivity contribution in [2.45, 2.75) is 6.92 Å². The smallest absolute Gasteiger partial charge is 0.147 e. The summed E-state index contributed by atoms with van der Waals surface area (Å²) in [5.41, 5.74) is 2.20. The first-order valence-corrected chi connectivity index (χ1v) is 5.71. The molecule has 0 heterocycles. The van der Waals surface area contributed by atoms with Crippen LogP contribution < -0.4 is 5.32 Å². The fourth-order valence-corrected chi connectivity index (χ4v) is 1.75. The summed E-state index contributed by atoms with van der Waals surface area (Å²) in [6.45, 7) is 1.85. The number of hydrogen-bond donors (Lipinski definition) is 1. The molecule has 0 radical (unpaired) electrons. The van der Waals surface area contributed by atoms with Crippen LogP contribution in [0, 0.1) is 24.1 Å². The second-order valence-electron chi connectivity index (χ2n) is 3.84. The highest BCUT2D eigenvalue weighted by molar-refractivity contribution is 6.31. The van der Waals surface area contributed by atoms with E-state index in [1.807, 2.05) is 19.1 Å². The topological polar surface area (TPSA) is 35.8 Å². The van der Waals surface area contributed by atoms with Crippen LogP contribution in [0.2, 0.25) is 5.02 Å². The van der Waals surface area contributed by atoms with Gasteiger partial charge in [-0.15, -0.1) is 0 Å². The molecule has 0 aliphatic heterocycles. The summed E-state index contributed by atoms with van der Waals surface area (Å²) in [5.74, 6) is -0.464. The first-order chi connectivity index (χ1) is 8.61. The highest BCUT2D eigenvalue weighted by Crippen LogP contribution is 2.27. The summed E-state index contributed by atoms with van der Waals surface area (Å²) in [5, 5.41) is 12.3. The van der Waals surface area contributed by atoms with Crippen LogP contribution in [0.4, 0.5) is 15.8 Å². The Balaban J connectivity index is 2.35. The molecule has 0 atom stereocenters. The third kappa shape index (κ3) is 2.44. The fourth-order valence-electron chi connectivity index (χ4n) is 1.57. The molecular weight excluding hydrogens is 251 g/mol. The molecule has 0 spiro atoms. The van der Waals surface area contributed by atoms with Crippen LogP contribution in [0.5, 0.6) is 0 Å². The Labute approximate surface area is 110 Å². The first-order valence-electron chi connectivity index (χ1n) is 5.33. The van der Waals surface area contributed by atoms with Crippen LogP contribution in [0.1, 0.15) is 11.1 Å². The molecule has 18 heavy (non-hydrogen) atoms. The van der Waals surface area contributed by atoms with Gasteiger partial charge in [-0.1, -0.05) is 17.7 Å². The molecule has 90 valence electrons. The number of nitriles is 1. The van der Waals surface area contributed by atoms with E-state index in [9.17, 15) is 4.39 Å². The lowest BCUT2D eigenvalue weighted by atomic mass is 10.1. The van der Waals surface area contributed by atoms with Gasteiger partial charge in [0.15, 0.2) is 0 Å². The number of hydrogen-bond acceptors (Lipinski definition) is 2. The monoisotopic (exact) mass is 260 g/mol. The van der Waals surface area contributed by atoms with E-state index in [0.717, 1.165) is 11.3 Å². The highest BCUT2D eigenvalue weighted by Gasteiger charge is 2.06. The van der Waals surface area contributed by atoms with Gasteiger partial charge in [0.1, 0.15) is 5.82 Å². The largest absolute Gasteiger partial charge is 0.353 e. The minimum atomic E-state index is -0.464. The van der Waals surface area contributed by atoms with Crippen molar-refractivity contribution in [3.63, 3.8) is 0 Å². The standard InChI is InChI=1S/C14H10ClFN2/c1-9-11(15)3-2-4-13(9)18-14-6-5-10(8-17)7-12(14)16/h2-7,18H,1H3. The first kappa shape index (κ1) is 12.4. The fraction of sp³-hybridized carbons (Fsp3) is 0.0714. The predicted molar refractivity (Wildman–Crippen MR) is 70.6 cm³/mol. The molecule has 0 fully saturated rings. The van der Waals surface area contributed by atoms with Crippen molar-refractivity contribution >= 4 is 23.0 Å². The quantitative estimate of drug-likeness (QED) is 0.869. The Bertz CT molecular complexity index is 632. The van der Waals surface area contributed by atoms with Gasteiger partial charge in [-0.05, 0) is 42.8 Å². The Morgan fingerprint density at radius 3 is 2.67 bits per heavy atom. The molecule has 2 aromatic carbocycles. The van der Waals surface area contributed by atoms with Gasteiger partial charge in [0.05, 0.1) is 17.3 Å². The van der Waals surface area contributed by atoms with Crippen LogP contribution in [0.3, 0.4) is 0 Å². The zero-order chi connectivity index (χ0) is 13.1. The number of nitrogens with one attached hydrogen (secondary N) is 1. The zero-order valence-corrected chi connectivity index (χ0v) is 10.4. The average Bonchev–Trinajstić information content (AvgIpc) is 2.37. The number of anilines is 2. The van der Waals surface area contributed by atoms with E-state index >= 15 is 0 Å². The van der Waals surface area contributed by atoms with E-state index in [2.05, 4.69) is 5.32 Å². The van der Waals surface area contributed by atoms with E-state index in [-0.39, 0.29) is 0 Å². The third-order valence-corrected chi connectivity index (χ3v) is 3.04. The Morgan fingerprint density at radius 2 is 2.00 bits per heavy atom. The van der Waals surface area contributed by atoms with E-state index in [0.29, 0.717) is 16.3 Å². The lowest BCUT2D eigenvalue weighted by Crippen LogP contribution is -1.96. The minimum absolute atomic E-state index is 0.292. The van der Waals surface area contributed by atoms with Crippen LogP contribution in [0.15, 0.2) is 36.4 Å². The van der Waals surface area contributed by atoms with E-state index in [1.165, 1.54) is 12.1 Å². The average molecular weight is 261 g/mol. The molecule has 0 saturated carbocycles. The van der Waals surface area contributed by atoms with Crippen molar-refractivity contribution in [3.8, 4) is 6.07 Å². The summed E-state index contributed by atoms with van der Waals surface area (Å²) in [4.78, 5) is 0. The van der Waals surface area contributed by atoms with Gasteiger partial charge in [0, 0.05) is 10.7 Å². The Hall–Kier alpha value is -2.05. The molecule has 0 aliphatic carbocycles. The number of nitrogens with zero attached hydrogens (tertiary/aromatic N) is 1. The van der Waals surface area contributed by atoms with Crippen LogP contribution in [0.25, 0.3) is 0 Å². The van der Waals surface area contributed by atoms with Gasteiger partial charge in [-0.2, -0.15) is 5.26 Å². The van der Waals surface area contributed by atoms with Crippen molar-refractivity contribution in [1.29, 1.82) is 5.26 Å². The molecule has 2 rings (SSSR count). The Kier molecular flexibility index (Phi) is 3.50. The SMILES string of the molecule is Cc1c(Cl)cccc1Nc1ccc(C#N)cc1F. The van der Waals surface area contributed by atoms with Crippen molar-refractivity contribution in [2.75, 3.05) is 5.32 Å². The molecule has 4 heteroatoms. The van der Waals surface area contributed by atoms with Crippen molar-refractivity contribution in [3.05, 3.63) is 58.4 Å². The van der Waals surface area contributed by atoms with Crippen LogP contribution in [-0.2, 0) is 0 Å². The molecule has 0 unspecified atom stereocenters. The van der Waals surface area contributed by atoms with Gasteiger partial charge < -0.3 is 5.32 Å². The maximum Gasteiger partial charge on any atom is 0.147 e. The summed E-state index contributed by atoms with van der Waals surface area (Å²) < 4.78 is 13.7. The Morgan fingerprint density at radius 1 is 1.22 bits per heavy atom. The lowest BCUT2D eigenvalue weighted by Gasteiger charge is -2.11. The molecule has 0 bridgehead atoms. The molecule has 2 aromatic rings. The van der Waals surface area contributed by atoms with E-state index in [4.69, 9.17) is 16.9 Å². The normalized spacial score (nSPS) is 9.89. The maximum atomic E-state index is 13.7. The number of halogens is 2. The second-order valence-corrected chi connectivity index (χ2v) is 4.25. The minimum Gasteiger partial charge on any atom is -0.353 e.